The molecule has 2 radical (unpaired) electrons. The minimum Gasteiger partial charge on any atom is -0.164 e. The predicted molar refractivity (Wildman–Crippen MR) is 208 cm³/mol. The Morgan fingerprint density at radius 3 is 1.38 bits per heavy atom. The van der Waals surface area contributed by atoms with Crippen molar-refractivity contribution in [2.75, 3.05) is 0 Å². The molecule has 6 rings (SSSR count). The second kappa shape index (κ2) is 16.5. The van der Waals surface area contributed by atoms with E-state index in [2.05, 4.69) is 185 Å². The van der Waals surface area contributed by atoms with Gasteiger partial charge in [-0.15, -0.1) is 69.1 Å². The van der Waals surface area contributed by atoms with Crippen LogP contribution in [0.5, 0.6) is 0 Å². The molecule has 0 N–H and O–H groups in total. The van der Waals surface area contributed by atoms with Crippen molar-refractivity contribution < 1.29 is 26.2 Å². The molecule has 0 aliphatic rings. The van der Waals surface area contributed by atoms with Crippen LogP contribution in [0.1, 0.15) is 90.5 Å². The van der Waals surface area contributed by atoms with Crippen molar-refractivity contribution in [3.63, 3.8) is 0 Å². The molecule has 6 aromatic rings. The summed E-state index contributed by atoms with van der Waals surface area (Å²) in [7, 11) is 1.08. The Morgan fingerprint density at radius 2 is 1.00 bits per heavy atom. The molecule has 0 aliphatic heterocycles. The Hall–Kier alpha value is -2.80. The van der Waals surface area contributed by atoms with Crippen molar-refractivity contribution >= 4 is 31.1 Å². The summed E-state index contributed by atoms with van der Waals surface area (Å²) in [4.78, 5) is 0. The van der Waals surface area contributed by atoms with E-state index in [4.69, 9.17) is 0 Å². The minimum absolute atomic E-state index is 0. The van der Waals surface area contributed by atoms with E-state index in [1.807, 2.05) is 0 Å². The molecule has 242 valence electrons. The zero-order chi connectivity index (χ0) is 33.6. The molecule has 0 saturated heterocycles. The smallest absolute Gasteiger partial charge is 0.164 e. The third-order valence-electron chi connectivity index (χ3n) is 8.78. The standard InChI is InChI=1S/C22H25.C21H23.C2H6Si.Zr/c1-15(2)18-13-17-7-6-8-20(21(17)14-18)16-9-11-19(12-10-16)22(3,4)5;1-5-15-13-17-7-6-8-19(20(17)14-15)16-9-11-18(12-10-16)21(2,3)4;1-3-2;/h6-15H,1-5H3;6-14H,5H2,1-4H3;1-2H3;/q2*-1;;+2. The predicted octanol–water partition coefficient (Wildman–Crippen LogP) is 13.5. The van der Waals surface area contributed by atoms with Gasteiger partial charge in [-0.1, -0.05) is 147 Å². The molecule has 0 amide bonds. The average molecular weight is 714 g/mol. The van der Waals surface area contributed by atoms with Gasteiger partial charge in [0.1, 0.15) is 0 Å². The fourth-order valence-electron chi connectivity index (χ4n) is 5.90. The molecule has 0 heterocycles. The van der Waals surface area contributed by atoms with E-state index in [0.717, 1.165) is 15.9 Å². The van der Waals surface area contributed by atoms with E-state index in [0.29, 0.717) is 5.92 Å². The molecule has 0 aliphatic carbocycles. The molecule has 0 aromatic heterocycles. The quantitative estimate of drug-likeness (QED) is 0.126. The van der Waals surface area contributed by atoms with Gasteiger partial charge in [-0.3, -0.25) is 0 Å². The zero-order valence-electron chi connectivity index (χ0n) is 30.7. The van der Waals surface area contributed by atoms with Crippen LogP contribution in [0.15, 0.2) is 109 Å². The van der Waals surface area contributed by atoms with E-state index in [-0.39, 0.29) is 37.0 Å². The number of hydrogen-bond donors (Lipinski definition) is 0. The van der Waals surface area contributed by atoms with Crippen molar-refractivity contribution in [3.05, 3.63) is 131 Å². The second-order valence-electron chi connectivity index (χ2n) is 14.9. The van der Waals surface area contributed by atoms with Gasteiger partial charge < -0.3 is 0 Å². The molecule has 47 heavy (non-hydrogen) atoms. The van der Waals surface area contributed by atoms with Crippen molar-refractivity contribution in [2.45, 2.75) is 98.6 Å². The molecule has 0 unspecified atom stereocenters. The third-order valence-corrected chi connectivity index (χ3v) is 8.78. The van der Waals surface area contributed by atoms with E-state index in [1.165, 1.54) is 66.1 Å². The molecular formula is C45H54SiZr. The monoisotopic (exact) mass is 712 g/mol. The number of hydrogen-bond acceptors (Lipinski definition) is 0. The first-order valence-corrected chi connectivity index (χ1v) is 18.9. The first kappa shape index (κ1) is 38.6. The maximum absolute atomic E-state index is 2.35. The van der Waals surface area contributed by atoms with Crippen LogP contribution in [-0.2, 0) is 43.5 Å². The van der Waals surface area contributed by atoms with Gasteiger partial charge in [-0.25, -0.2) is 0 Å². The van der Waals surface area contributed by atoms with Crippen LogP contribution in [0.3, 0.4) is 0 Å². The van der Waals surface area contributed by atoms with E-state index < -0.39 is 0 Å². The molecular weight excluding hydrogens is 660 g/mol. The van der Waals surface area contributed by atoms with Crippen LogP contribution < -0.4 is 0 Å². The first-order chi connectivity index (χ1) is 21.8. The third kappa shape index (κ3) is 9.64. The largest absolute Gasteiger partial charge is 2.00 e. The fraction of sp³-hybridized carbons (Fsp3) is 0.333. The van der Waals surface area contributed by atoms with E-state index >= 15 is 0 Å². The topological polar surface area (TPSA) is 0 Å². The van der Waals surface area contributed by atoms with Crippen LogP contribution in [0, 0.1) is 0 Å². The Morgan fingerprint density at radius 1 is 0.596 bits per heavy atom. The molecule has 0 atom stereocenters. The van der Waals surface area contributed by atoms with Gasteiger partial charge >= 0.3 is 26.2 Å². The van der Waals surface area contributed by atoms with Gasteiger partial charge in [0, 0.05) is 9.52 Å². The van der Waals surface area contributed by atoms with Crippen molar-refractivity contribution in [1.82, 2.24) is 0 Å². The maximum Gasteiger partial charge on any atom is 2.00 e. The summed E-state index contributed by atoms with van der Waals surface area (Å²) >= 11 is 0. The summed E-state index contributed by atoms with van der Waals surface area (Å²) in [6.45, 7) is 24.6. The van der Waals surface area contributed by atoms with Gasteiger partial charge in [0.05, 0.1) is 0 Å². The second-order valence-corrected chi connectivity index (χ2v) is 15.9. The summed E-state index contributed by atoms with van der Waals surface area (Å²) in [5, 5.41) is 5.44. The normalized spacial score (nSPS) is 11.5. The number of benzene rings is 4. The van der Waals surface area contributed by atoms with Crippen LogP contribution >= 0.6 is 0 Å². The Balaban J connectivity index is 0.000000232. The molecule has 0 fully saturated rings. The van der Waals surface area contributed by atoms with Crippen LogP contribution in [0.25, 0.3) is 43.8 Å². The van der Waals surface area contributed by atoms with Crippen molar-refractivity contribution in [3.8, 4) is 22.3 Å². The Bertz CT molecular complexity index is 1830. The number of fused-ring (bicyclic) bond motifs is 2. The van der Waals surface area contributed by atoms with E-state index in [1.54, 1.807) is 0 Å². The summed E-state index contributed by atoms with van der Waals surface area (Å²) in [6, 6.07) is 40.6. The van der Waals surface area contributed by atoms with Crippen LogP contribution in [0.4, 0.5) is 0 Å². The molecule has 2 heteroatoms. The number of rotatable bonds is 4. The van der Waals surface area contributed by atoms with Gasteiger partial charge in [0.15, 0.2) is 0 Å². The van der Waals surface area contributed by atoms with Crippen LogP contribution in [-0.4, -0.2) is 9.52 Å². The van der Waals surface area contributed by atoms with Gasteiger partial charge in [-0.2, -0.15) is 12.1 Å². The van der Waals surface area contributed by atoms with Gasteiger partial charge in [0.25, 0.3) is 0 Å². The summed E-state index contributed by atoms with van der Waals surface area (Å²) < 4.78 is 0. The van der Waals surface area contributed by atoms with Crippen molar-refractivity contribution in [2.24, 2.45) is 0 Å². The Kier molecular flexibility index (Phi) is 13.6. The van der Waals surface area contributed by atoms with Crippen LogP contribution in [0.2, 0.25) is 13.1 Å². The SMILES string of the molecule is CC(C)c1cc2c(-c3ccc(C(C)(C)C)cc3)cccc2[cH-]1.CCc1cc2c(-c3ccc(C(C)(C)C)cc3)cccc2[cH-]1.C[Si]C.[Zr+2]. The zero-order valence-corrected chi connectivity index (χ0v) is 34.1. The molecule has 0 bridgehead atoms. The molecule has 0 spiro atoms. The molecule has 6 aromatic carbocycles. The minimum atomic E-state index is 0. The first-order valence-electron chi connectivity index (χ1n) is 16.9. The summed E-state index contributed by atoms with van der Waals surface area (Å²) in [5.74, 6) is 0.573. The molecule has 0 saturated carbocycles. The summed E-state index contributed by atoms with van der Waals surface area (Å²) in [6.07, 6.45) is 1.09. The van der Waals surface area contributed by atoms with Gasteiger partial charge in [0.2, 0.25) is 0 Å². The van der Waals surface area contributed by atoms with Gasteiger partial charge in [-0.05, 0) is 45.4 Å². The maximum atomic E-state index is 2.35. The summed E-state index contributed by atoms with van der Waals surface area (Å²) in [5.41, 5.74) is 11.3. The average Bonchev–Trinajstić information content (AvgIpc) is 3.66. The van der Waals surface area contributed by atoms with Crippen molar-refractivity contribution in [1.29, 1.82) is 0 Å². The fourth-order valence-corrected chi connectivity index (χ4v) is 5.90. The molecule has 0 nitrogen and oxygen atoms in total. The number of aryl methyl sites for hydroxylation is 1. The van der Waals surface area contributed by atoms with E-state index in [9.17, 15) is 0 Å². The Labute approximate surface area is 307 Å².